The Kier molecular flexibility index (Phi) is 4.16. The van der Waals surface area contributed by atoms with E-state index in [9.17, 15) is 18.4 Å². The third kappa shape index (κ3) is 3.83. The molecule has 1 unspecified atom stereocenters. The van der Waals surface area contributed by atoms with Crippen molar-refractivity contribution in [3.8, 4) is 5.88 Å². The maximum absolute atomic E-state index is 11.9. The van der Waals surface area contributed by atoms with Gasteiger partial charge >= 0.3 is 0 Å². The Morgan fingerprint density at radius 2 is 2.12 bits per heavy atom. The van der Waals surface area contributed by atoms with Crippen molar-refractivity contribution in [2.24, 2.45) is 0 Å². The Bertz CT molecular complexity index is 461. The Balaban J connectivity index is 2.67. The molecule has 0 aliphatic carbocycles. The van der Waals surface area contributed by atoms with Gasteiger partial charge in [0.1, 0.15) is 6.10 Å². The number of carbonyl (C=O) groups excluding carboxylic acids is 1. The Morgan fingerprint density at radius 3 is 2.65 bits per heavy atom. The topological polar surface area (TPSA) is 102 Å². The summed E-state index contributed by atoms with van der Waals surface area (Å²) in [5.41, 5.74) is -0.891. The molecule has 0 aromatic carbocycles. The normalized spacial score (nSPS) is 12.5. The number of hydrogen-bond donors (Lipinski definition) is 4. The van der Waals surface area contributed by atoms with Crippen LogP contribution in [0.4, 0.5) is 8.78 Å². The van der Waals surface area contributed by atoms with Crippen molar-refractivity contribution in [3.63, 3.8) is 0 Å². The van der Waals surface area contributed by atoms with Gasteiger partial charge in [0.25, 0.3) is 17.9 Å². The molecule has 4 N–H and O–H groups in total. The number of hydrogen-bond acceptors (Lipinski definition) is 4. The summed E-state index contributed by atoms with van der Waals surface area (Å²) in [7, 11) is 0. The van der Waals surface area contributed by atoms with Gasteiger partial charge < -0.3 is 15.5 Å². The zero-order valence-electron chi connectivity index (χ0n) is 8.48. The summed E-state index contributed by atoms with van der Waals surface area (Å²) in [5.74, 6) is -1.36. The Hall–Kier alpha value is -1.96. The van der Waals surface area contributed by atoms with Gasteiger partial charge in [-0.25, -0.2) is 8.78 Å². The number of alkyl halides is 2. The average molecular weight is 248 g/mol. The maximum Gasteiger partial charge on any atom is 0.265 e. The fourth-order valence-corrected chi connectivity index (χ4v) is 1.05. The summed E-state index contributed by atoms with van der Waals surface area (Å²) in [6, 6.07) is 1.86. The number of amides is 1. The second kappa shape index (κ2) is 5.39. The SMILES string of the molecule is O=C(NCC(O)C(F)F)c1cc(O)[nH]c(=O)c1. The van der Waals surface area contributed by atoms with Crippen molar-refractivity contribution >= 4 is 5.91 Å². The van der Waals surface area contributed by atoms with Gasteiger partial charge in [-0.3, -0.25) is 14.6 Å². The number of carbonyl (C=O) groups is 1. The van der Waals surface area contributed by atoms with Crippen molar-refractivity contribution in [1.82, 2.24) is 10.3 Å². The number of aliphatic hydroxyl groups is 1. The van der Waals surface area contributed by atoms with Crippen LogP contribution in [0.5, 0.6) is 5.88 Å². The molecule has 0 spiro atoms. The van der Waals surface area contributed by atoms with E-state index in [1.165, 1.54) is 0 Å². The van der Waals surface area contributed by atoms with E-state index in [-0.39, 0.29) is 5.56 Å². The van der Waals surface area contributed by atoms with Gasteiger partial charge in [0.2, 0.25) is 0 Å². The van der Waals surface area contributed by atoms with E-state index >= 15 is 0 Å². The van der Waals surface area contributed by atoms with E-state index in [4.69, 9.17) is 10.2 Å². The number of H-pyrrole nitrogens is 1. The lowest BCUT2D eigenvalue weighted by molar-refractivity contribution is -0.00270. The third-order valence-corrected chi connectivity index (χ3v) is 1.85. The predicted molar refractivity (Wildman–Crippen MR) is 53.1 cm³/mol. The van der Waals surface area contributed by atoms with E-state index in [1.54, 1.807) is 0 Å². The second-order valence-electron chi connectivity index (χ2n) is 3.23. The predicted octanol–water partition coefficient (Wildman–Crippen LogP) is -0.564. The van der Waals surface area contributed by atoms with Gasteiger partial charge in [-0.2, -0.15) is 0 Å². The van der Waals surface area contributed by atoms with Crippen LogP contribution in [0.1, 0.15) is 10.4 Å². The fraction of sp³-hybridized carbons (Fsp3) is 0.333. The number of aliphatic hydroxyl groups excluding tert-OH is 1. The van der Waals surface area contributed by atoms with Crippen molar-refractivity contribution in [2.45, 2.75) is 12.5 Å². The minimum Gasteiger partial charge on any atom is -0.494 e. The smallest absolute Gasteiger partial charge is 0.265 e. The van der Waals surface area contributed by atoms with Crippen LogP contribution in [0.3, 0.4) is 0 Å². The first-order chi connectivity index (χ1) is 7.90. The first-order valence-corrected chi connectivity index (χ1v) is 4.58. The van der Waals surface area contributed by atoms with Crippen LogP contribution in [0.25, 0.3) is 0 Å². The number of rotatable bonds is 4. The van der Waals surface area contributed by atoms with E-state index in [2.05, 4.69) is 0 Å². The van der Waals surface area contributed by atoms with E-state index in [0.717, 1.165) is 12.1 Å². The molecule has 0 saturated heterocycles. The highest BCUT2D eigenvalue weighted by Crippen LogP contribution is 2.04. The lowest BCUT2D eigenvalue weighted by Gasteiger charge is -2.10. The Morgan fingerprint density at radius 1 is 1.47 bits per heavy atom. The van der Waals surface area contributed by atoms with Gasteiger partial charge in [0.05, 0.1) is 5.56 Å². The largest absolute Gasteiger partial charge is 0.494 e. The summed E-state index contributed by atoms with van der Waals surface area (Å²) in [5, 5.41) is 19.8. The average Bonchev–Trinajstić information content (AvgIpc) is 2.23. The zero-order chi connectivity index (χ0) is 13.0. The highest BCUT2D eigenvalue weighted by atomic mass is 19.3. The number of aromatic amines is 1. The highest BCUT2D eigenvalue weighted by molar-refractivity contribution is 5.94. The molecular formula is C9H10F2N2O4. The van der Waals surface area contributed by atoms with E-state index < -0.39 is 36.4 Å². The second-order valence-corrected chi connectivity index (χ2v) is 3.23. The van der Waals surface area contributed by atoms with Crippen LogP contribution < -0.4 is 10.9 Å². The molecule has 8 heteroatoms. The van der Waals surface area contributed by atoms with Crippen molar-refractivity contribution in [2.75, 3.05) is 6.54 Å². The quantitative estimate of drug-likeness (QED) is 0.573. The first kappa shape index (κ1) is 13.1. The number of aromatic nitrogens is 1. The third-order valence-electron chi connectivity index (χ3n) is 1.85. The standard InChI is InChI=1S/C9H10F2N2O4/c10-8(11)5(14)3-12-9(17)4-1-6(15)13-7(16)2-4/h1-2,5,8,14H,3H2,(H,12,17)(H2,13,15,16). The molecule has 94 valence electrons. The van der Waals surface area contributed by atoms with Crippen LogP contribution in [0.2, 0.25) is 0 Å². The molecule has 0 radical (unpaired) electrons. The summed E-state index contributed by atoms with van der Waals surface area (Å²) in [6.07, 6.45) is -4.95. The number of halogens is 2. The molecule has 6 nitrogen and oxygen atoms in total. The van der Waals surface area contributed by atoms with Gasteiger partial charge in [0.15, 0.2) is 5.88 Å². The number of nitrogens with one attached hydrogen (secondary N) is 2. The minimum absolute atomic E-state index is 0.187. The monoisotopic (exact) mass is 248 g/mol. The van der Waals surface area contributed by atoms with Crippen LogP contribution in [-0.2, 0) is 0 Å². The maximum atomic E-state index is 11.9. The highest BCUT2D eigenvalue weighted by Gasteiger charge is 2.18. The molecule has 0 saturated carbocycles. The number of pyridine rings is 1. The van der Waals surface area contributed by atoms with E-state index in [0.29, 0.717) is 0 Å². The minimum atomic E-state index is -2.97. The summed E-state index contributed by atoms with van der Waals surface area (Å²) in [4.78, 5) is 24.2. The van der Waals surface area contributed by atoms with Crippen LogP contribution in [0, 0.1) is 0 Å². The molecule has 1 aromatic rings. The lowest BCUT2D eigenvalue weighted by Crippen LogP contribution is -2.36. The van der Waals surface area contributed by atoms with E-state index in [1.807, 2.05) is 10.3 Å². The molecular weight excluding hydrogens is 238 g/mol. The number of aromatic hydroxyl groups is 1. The van der Waals surface area contributed by atoms with Crippen molar-refractivity contribution in [1.29, 1.82) is 0 Å². The van der Waals surface area contributed by atoms with Crippen molar-refractivity contribution in [3.05, 3.63) is 28.0 Å². The van der Waals surface area contributed by atoms with Gasteiger partial charge in [-0.05, 0) is 0 Å². The summed E-state index contributed by atoms with van der Waals surface area (Å²) in [6.45, 7) is -0.649. The van der Waals surface area contributed by atoms with Gasteiger partial charge in [-0.15, -0.1) is 0 Å². The molecule has 0 fully saturated rings. The zero-order valence-corrected chi connectivity index (χ0v) is 8.48. The van der Waals surface area contributed by atoms with Gasteiger partial charge in [0, 0.05) is 18.7 Å². The lowest BCUT2D eigenvalue weighted by atomic mass is 10.2. The molecule has 0 aliphatic rings. The molecule has 1 heterocycles. The molecule has 0 bridgehead atoms. The van der Waals surface area contributed by atoms with Crippen LogP contribution >= 0.6 is 0 Å². The molecule has 1 amide bonds. The molecule has 1 atom stereocenters. The molecule has 1 rings (SSSR count). The molecule has 17 heavy (non-hydrogen) atoms. The first-order valence-electron chi connectivity index (χ1n) is 4.58. The van der Waals surface area contributed by atoms with Gasteiger partial charge in [-0.1, -0.05) is 0 Å². The summed E-state index contributed by atoms with van der Waals surface area (Å²) < 4.78 is 23.8. The fourth-order valence-electron chi connectivity index (χ4n) is 1.05. The summed E-state index contributed by atoms with van der Waals surface area (Å²) >= 11 is 0. The molecule has 0 aliphatic heterocycles. The van der Waals surface area contributed by atoms with Crippen molar-refractivity contribution < 1.29 is 23.8 Å². The Labute approximate surface area is 93.9 Å². The van der Waals surface area contributed by atoms with Crippen LogP contribution in [0.15, 0.2) is 16.9 Å². The van der Waals surface area contributed by atoms with Crippen LogP contribution in [-0.4, -0.2) is 40.2 Å². The molecule has 1 aromatic heterocycles.